The van der Waals surface area contributed by atoms with Crippen LogP contribution in [0.2, 0.25) is 5.02 Å². The first-order valence-electron chi connectivity index (χ1n) is 10.0. The van der Waals surface area contributed by atoms with Gasteiger partial charge in [-0.25, -0.2) is 9.37 Å². The third kappa shape index (κ3) is 4.71. The second-order valence-electron chi connectivity index (χ2n) is 7.03. The number of halogens is 2. The number of carbonyl (C=O) groups is 1. The highest BCUT2D eigenvalue weighted by Crippen LogP contribution is 2.36. The Morgan fingerprint density at radius 1 is 1.09 bits per heavy atom. The Balaban J connectivity index is 1.66. The number of para-hydroxylation sites is 2. The van der Waals surface area contributed by atoms with Crippen molar-refractivity contribution >= 4 is 45.9 Å². The summed E-state index contributed by atoms with van der Waals surface area (Å²) in [5.41, 5.74) is 0.433. The van der Waals surface area contributed by atoms with Crippen LogP contribution in [0.15, 0.2) is 70.6 Å². The number of nitrogens with zero attached hydrogens (tertiary/aromatic N) is 2. The SMILES string of the molecule is COc1cc(OC)c(NC(=O)CSc2nc3ccccc3c(=O)n2-c2ccccc2F)cc1Cl. The molecule has 0 saturated heterocycles. The van der Waals surface area contributed by atoms with Gasteiger partial charge in [-0.05, 0) is 30.3 Å². The zero-order chi connectivity index (χ0) is 24.2. The van der Waals surface area contributed by atoms with Gasteiger partial charge in [0.1, 0.15) is 17.3 Å². The van der Waals surface area contributed by atoms with Crippen molar-refractivity contribution < 1.29 is 18.7 Å². The fraction of sp³-hybridized carbons (Fsp3) is 0.125. The van der Waals surface area contributed by atoms with E-state index >= 15 is 0 Å². The number of amides is 1. The lowest BCUT2D eigenvalue weighted by Gasteiger charge is -2.15. The molecule has 3 aromatic carbocycles. The Morgan fingerprint density at radius 2 is 1.79 bits per heavy atom. The van der Waals surface area contributed by atoms with Gasteiger partial charge in [0.25, 0.3) is 5.56 Å². The highest BCUT2D eigenvalue weighted by atomic mass is 35.5. The summed E-state index contributed by atoms with van der Waals surface area (Å²) < 4.78 is 26.2. The van der Waals surface area contributed by atoms with Crippen LogP contribution in [0.5, 0.6) is 11.5 Å². The first-order chi connectivity index (χ1) is 16.4. The average Bonchev–Trinajstić information content (AvgIpc) is 2.84. The summed E-state index contributed by atoms with van der Waals surface area (Å²) in [6.45, 7) is 0. The molecule has 0 fully saturated rings. The van der Waals surface area contributed by atoms with Gasteiger partial charge in [-0.2, -0.15) is 0 Å². The maximum atomic E-state index is 14.6. The van der Waals surface area contributed by atoms with Gasteiger partial charge in [0.2, 0.25) is 5.91 Å². The lowest BCUT2D eigenvalue weighted by atomic mass is 10.2. The highest BCUT2D eigenvalue weighted by Gasteiger charge is 2.18. The number of aromatic nitrogens is 2. The van der Waals surface area contributed by atoms with Crippen LogP contribution in [0.3, 0.4) is 0 Å². The van der Waals surface area contributed by atoms with Crippen molar-refractivity contribution in [2.45, 2.75) is 5.16 Å². The van der Waals surface area contributed by atoms with Crippen LogP contribution in [0.25, 0.3) is 16.6 Å². The molecule has 0 aliphatic carbocycles. The van der Waals surface area contributed by atoms with E-state index in [1.807, 2.05) is 0 Å². The van der Waals surface area contributed by atoms with E-state index in [2.05, 4.69) is 10.3 Å². The second-order valence-corrected chi connectivity index (χ2v) is 8.38. The number of anilines is 1. The smallest absolute Gasteiger partial charge is 0.266 e. The summed E-state index contributed by atoms with van der Waals surface area (Å²) in [6, 6.07) is 15.8. The van der Waals surface area contributed by atoms with Crippen molar-refractivity contribution in [1.29, 1.82) is 0 Å². The van der Waals surface area contributed by atoms with Crippen molar-refractivity contribution in [3.8, 4) is 17.2 Å². The van der Waals surface area contributed by atoms with E-state index in [9.17, 15) is 14.0 Å². The first-order valence-corrected chi connectivity index (χ1v) is 11.4. The van der Waals surface area contributed by atoms with Gasteiger partial charge in [-0.15, -0.1) is 0 Å². The Morgan fingerprint density at radius 3 is 2.53 bits per heavy atom. The molecule has 7 nitrogen and oxygen atoms in total. The molecule has 0 aliphatic rings. The third-order valence-corrected chi connectivity index (χ3v) is 6.15. The molecule has 0 spiro atoms. The number of rotatable bonds is 7. The quantitative estimate of drug-likeness (QED) is 0.287. The average molecular weight is 500 g/mol. The van der Waals surface area contributed by atoms with Crippen LogP contribution in [0, 0.1) is 5.82 Å². The molecule has 1 N–H and O–H groups in total. The van der Waals surface area contributed by atoms with Crippen molar-refractivity contribution in [1.82, 2.24) is 9.55 Å². The summed E-state index contributed by atoms with van der Waals surface area (Å²) in [6.07, 6.45) is 0. The van der Waals surface area contributed by atoms with Crippen LogP contribution in [-0.4, -0.2) is 35.4 Å². The Bertz CT molecular complexity index is 1440. The standard InChI is InChI=1S/C24H19ClFN3O4S/c1-32-20-12-21(33-2)18(11-15(20)25)27-22(30)13-34-24-28-17-9-5-3-7-14(17)23(31)29(24)19-10-6-4-8-16(19)26/h3-12H,13H2,1-2H3,(H,27,30). The zero-order valence-electron chi connectivity index (χ0n) is 18.2. The number of thioether (sulfide) groups is 1. The van der Waals surface area contributed by atoms with Gasteiger partial charge in [-0.1, -0.05) is 47.6 Å². The summed E-state index contributed by atoms with van der Waals surface area (Å²) in [5.74, 6) is -0.309. The minimum absolute atomic E-state index is 0.0530. The molecular formula is C24H19ClFN3O4S. The summed E-state index contributed by atoms with van der Waals surface area (Å²) in [4.78, 5) is 30.5. The molecule has 0 saturated carbocycles. The van der Waals surface area contributed by atoms with Crippen molar-refractivity contribution in [2.75, 3.05) is 25.3 Å². The number of methoxy groups -OCH3 is 2. The number of fused-ring (bicyclic) bond motifs is 1. The monoisotopic (exact) mass is 499 g/mol. The first kappa shape index (κ1) is 23.6. The van der Waals surface area contributed by atoms with Crippen LogP contribution < -0.4 is 20.3 Å². The number of nitrogens with one attached hydrogen (secondary N) is 1. The maximum Gasteiger partial charge on any atom is 0.266 e. The molecule has 0 radical (unpaired) electrons. The van der Waals surface area contributed by atoms with Crippen molar-refractivity contribution in [3.63, 3.8) is 0 Å². The van der Waals surface area contributed by atoms with Gasteiger partial charge in [0.05, 0.1) is 47.3 Å². The van der Waals surface area contributed by atoms with Crippen LogP contribution in [0.1, 0.15) is 0 Å². The molecule has 1 amide bonds. The van der Waals surface area contributed by atoms with Gasteiger partial charge in [0.15, 0.2) is 5.16 Å². The number of hydrogen-bond donors (Lipinski definition) is 1. The predicted molar refractivity (Wildman–Crippen MR) is 131 cm³/mol. The molecule has 174 valence electrons. The van der Waals surface area contributed by atoms with Crippen LogP contribution in [0.4, 0.5) is 10.1 Å². The van der Waals surface area contributed by atoms with E-state index in [1.165, 1.54) is 43.1 Å². The van der Waals surface area contributed by atoms with Gasteiger partial charge in [-0.3, -0.25) is 14.2 Å². The minimum Gasteiger partial charge on any atom is -0.495 e. The van der Waals surface area contributed by atoms with E-state index in [4.69, 9.17) is 21.1 Å². The van der Waals surface area contributed by atoms with E-state index < -0.39 is 17.3 Å². The summed E-state index contributed by atoms with van der Waals surface area (Å²) in [7, 11) is 2.93. The van der Waals surface area contributed by atoms with Crippen LogP contribution >= 0.6 is 23.4 Å². The Hall–Kier alpha value is -3.56. The number of carbonyl (C=O) groups excluding carboxylic acids is 1. The van der Waals surface area contributed by atoms with E-state index in [0.717, 1.165) is 11.8 Å². The zero-order valence-corrected chi connectivity index (χ0v) is 19.7. The van der Waals surface area contributed by atoms with E-state index in [-0.39, 0.29) is 16.6 Å². The topological polar surface area (TPSA) is 82.5 Å². The van der Waals surface area contributed by atoms with Crippen LogP contribution in [-0.2, 0) is 4.79 Å². The summed E-state index contributed by atoms with van der Waals surface area (Å²) in [5, 5.41) is 3.56. The lowest BCUT2D eigenvalue weighted by molar-refractivity contribution is -0.113. The Labute approximate surface area is 203 Å². The van der Waals surface area contributed by atoms with Gasteiger partial charge >= 0.3 is 0 Å². The van der Waals surface area contributed by atoms with Crippen molar-refractivity contribution in [3.05, 3.63) is 81.9 Å². The Kier molecular flexibility index (Phi) is 7.04. The molecule has 10 heteroatoms. The van der Waals surface area contributed by atoms with E-state index in [0.29, 0.717) is 33.1 Å². The lowest BCUT2D eigenvalue weighted by Crippen LogP contribution is -2.23. The third-order valence-electron chi connectivity index (χ3n) is 4.92. The second kappa shape index (κ2) is 10.1. The highest BCUT2D eigenvalue weighted by molar-refractivity contribution is 7.99. The fourth-order valence-electron chi connectivity index (χ4n) is 3.33. The van der Waals surface area contributed by atoms with Gasteiger partial charge in [0, 0.05) is 6.07 Å². The number of hydrogen-bond acceptors (Lipinski definition) is 6. The molecule has 1 heterocycles. The predicted octanol–water partition coefficient (Wildman–Crippen LogP) is 4.93. The molecule has 0 bridgehead atoms. The molecular weight excluding hydrogens is 481 g/mol. The van der Waals surface area contributed by atoms with Crippen molar-refractivity contribution in [2.24, 2.45) is 0 Å². The molecule has 1 aromatic heterocycles. The molecule has 34 heavy (non-hydrogen) atoms. The van der Waals surface area contributed by atoms with Gasteiger partial charge < -0.3 is 14.8 Å². The molecule has 4 rings (SSSR count). The number of benzene rings is 3. The minimum atomic E-state index is -0.578. The maximum absolute atomic E-state index is 14.6. The molecule has 0 unspecified atom stereocenters. The normalized spacial score (nSPS) is 10.8. The summed E-state index contributed by atoms with van der Waals surface area (Å²) >= 11 is 7.18. The molecule has 0 aliphatic heterocycles. The number of ether oxygens (including phenoxy) is 2. The molecule has 0 atom stereocenters. The molecule has 4 aromatic rings. The fourth-order valence-corrected chi connectivity index (χ4v) is 4.38. The van der Waals surface area contributed by atoms with E-state index in [1.54, 1.807) is 36.4 Å². The largest absolute Gasteiger partial charge is 0.495 e.